The normalized spacial score (nSPS) is 16.4. The quantitative estimate of drug-likeness (QED) is 0.662. The van der Waals surface area contributed by atoms with Crippen LogP contribution in [0.25, 0.3) is 10.9 Å². The number of benzene rings is 2. The molecule has 1 aromatic heterocycles. The molecule has 3 heterocycles. The predicted molar refractivity (Wildman–Crippen MR) is 115 cm³/mol. The molecular weight excluding hydrogens is 388 g/mol. The lowest BCUT2D eigenvalue weighted by molar-refractivity contribution is 0.174. The van der Waals surface area contributed by atoms with Crippen LogP contribution in [0.1, 0.15) is 25.3 Å². The van der Waals surface area contributed by atoms with Crippen molar-refractivity contribution in [3.05, 3.63) is 47.0 Å². The first-order valence-electron chi connectivity index (χ1n) is 10.0. The van der Waals surface area contributed by atoms with Crippen LogP contribution in [0, 0.1) is 5.92 Å². The fourth-order valence-electron chi connectivity index (χ4n) is 3.81. The molecule has 2 aliphatic heterocycles. The van der Waals surface area contributed by atoms with E-state index in [0.717, 1.165) is 58.7 Å². The van der Waals surface area contributed by atoms with Gasteiger partial charge in [0.1, 0.15) is 5.82 Å². The highest BCUT2D eigenvalue weighted by Gasteiger charge is 2.20. The Hall–Kier alpha value is -2.73. The van der Waals surface area contributed by atoms with Crippen LogP contribution in [0.2, 0.25) is 5.02 Å². The van der Waals surface area contributed by atoms with Gasteiger partial charge < -0.3 is 19.7 Å². The van der Waals surface area contributed by atoms with Crippen LogP contribution < -0.4 is 19.7 Å². The molecule has 2 aliphatic rings. The lowest BCUT2D eigenvalue weighted by Gasteiger charge is -2.30. The SMILES string of the molecule is CC1CCN(c2nc(NCc3ccc4c(c3)OCO4)c3cc(Cl)ccc3n2)CC1. The van der Waals surface area contributed by atoms with Crippen molar-refractivity contribution in [1.82, 2.24) is 9.97 Å². The summed E-state index contributed by atoms with van der Waals surface area (Å²) in [7, 11) is 0. The Kier molecular flexibility index (Phi) is 4.79. The molecule has 6 nitrogen and oxygen atoms in total. The van der Waals surface area contributed by atoms with Gasteiger partial charge in [-0.2, -0.15) is 4.98 Å². The smallest absolute Gasteiger partial charge is 0.231 e. The van der Waals surface area contributed by atoms with Crippen molar-refractivity contribution < 1.29 is 9.47 Å². The number of hydrogen-bond acceptors (Lipinski definition) is 6. The maximum Gasteiger partial charge on any atom is 0.231 e. The van der Waals surface area contributed by atoms with E-state index in [9.17, 15) is 0 Å². The average Bonchev–Trinajstić information content (AvgIpc) is 3.20. The monoisotopic (exact) mass is 410 g/mol. The topological polar surface area (TPSA) is 59.5 Å². The Morgan fingerprint density at radius 1 is 1.07 bits per heavy atom. The first-order valence-corrected chi connectivity index (χ1v) is 10.4. The summed E-state index contributed by atoms with van der Waals surface area (Å²) in [6.45, 7) is 5.17. The largest absolute Gasteiger partial charge is 0.454 e. The summed E-state index contributed by atoms with van der Waals surface area (Å²) in [5.41, 5.74) is 1.99. The second-order valence-electron chi connectivity index (χ2n) is 7.74. The van der Waals surface area contributed by atoms with Crippen molar-refractivity contribution in [3.8, 4) is 11.5 Å². The van der Waals surface area contributed by atoms with Crippen molar-refractivity contribution in [2.75, 3.05) is 30.1 Å². The van der Waals surface area contributed by atoms with Gasteiger partial charge in [-0.1, -0.05) is 24.6 Å². The third-order valence-corrected chi connectivity index (χ3v) is 5.84. The van der Waals surface area contributed by atoms with Crippen LogP contribution in [-0.4, -0.2) is 29.9 Å². The maximum absolute atomic E-state index is 6.25. The lowest BCUT2D eigenvalue weighted by Crippen LogP contribution is -2.34. The van der Waals surface area contributed by atoms with Crippen molar-refractivity contribution >= 4 is 34.3 Å². The van der Waals surface area contributed by atoms with E-state index in [1.165, 1.54) is 12.8 Å². The van der Waals surface area contributed by atoms with Gasteiger partial charge >= 0.3 is 0 Å². The van der Waals surface area contributed by atoms with Crippen LogP contribution in [0.4, 0.5) is 11.8 Å². The molecule has 0 bridgehead atoms. The molecule has 0 unspecified atom stereocenters. The first kappa shape index (κ1) is 18.3. The Bertz CT molecular complexity index is 1050. The fraction of sp³-hybridized carbons (Fsp3) is 0.364. The van der Waals surface area contributed by atoms with Crippen molar-refractivity contribution in [2.24, 2.45) is 5.92 Å². The van der Waals surface area contributed by atoms with E-state index in [1.807, 2.05) is 36.4 Å². The van der Waals surface area contributed by atoms with Gasteiger partial charge in [-0.05, 0) is 54.7 Å². The fourth-order valence-corrected chi connectivity index (χ4v) is 3.98. The lowest BCUT2D eigenvalue weighted by atomic mass is 10.00. The molecule has 150 valence electrons. The molecule has 2 aromatic carbocycles. The summed E-state index contributed by atoms with van der Waals surface area (Å²) in [4.78, 5) is 12.0. The minimum atomic E-state index is 0.277. The third-order valence-electron chi connectivity index (χ3n) is 5.61. The van der Waals surface area contributed by atoms with Gasteiger partial charge in [-0.15, -0.1) is 0 Å². The molecular formula is C22H23ClN4O2. The Morgan fingerprint density at radius 3 is 2.76 bits per heavy atom. The zero-order valence-corrected chi connectivity index (χ0v) is 17.1. The van der Waals surface area contributed by atoms with Crippen LogP contribution in [0.15, 0.2) is 36.4 Å². The number of anilines is 2. The summed E-state index contributed by atoms with van der Waals surface area (Å²) in [6, 6.07) is 11.7. The number of fused-ring (bicyclic) bond motifs is 2. The molecule has 0 spiro atoms. The Labute approximate surface area is 174 Å². The summed E-state index contributed by atoms with van der Waals surface area (Å²) < 4.78 is 10.9. The highest BCUT2D eigenvalue weighted by atomic mass is 35.5. The first-order chi connectivity index (χ1) is 14.2. The standard InChI is InChI=1S/C22H23ClN4O2/c1-14-6-8-27(9-7-14)22-25-18-4-3-16(23)11-17(18)21(26-22)24-12-15-2-5-19-20(10-15)29-13-28-19/h2-5,10-11,14H,6-9,12-13H2,1H3,(H,24,25,26). The molecule has 1 saturated heterocycles. The minimum absolute atomic E-state index is 0.277. The zero-order valence-electron chi connectivity index (χ0n) is 16.3. The van der Waals surface area contributed by atoms with Gasteiger partial charge in [0.15, 0.2) is 11.5 Å². The molecule has 3 aromatic rings. The van der Waals surface area contributed by atoms with Crippen molar-refractivity contribution in [3.63, 3.8) is 0 Å². The second kappa shape index (κ2) is 7.59. The highest BCUT2D eigenvalue weighted by Crippen LogP contribution is 2.33. The van der Waals surface area contributed by atoms with Crippen LogP contribution >= 0.6 is 11.6 Å². The van der Waals surface area contributed by atoms with Crippen LogP contribution in [0.5, 0.6) is 11.5 Å². The molecule has 0 atom stereocenters. The highest BCUT2D eigenvalue weighted by molar-refractivity contribution is 6.31. The van der Waals surface area contributed by atoms with Gasteiger partial charge in [0.05, 0.1) is 5.52 Å². The molecule has 0 saturated carbocycles. The molecule has 29 heavy (non-hydrogen) atoms. The van der Waals surface area contributed by atoms with E-state index < -0.39 is 0 Å². The molecule has 0 amide bonds. The number of ether oxygens (including phenoxy) is 2. The maximum atomic E-state index is 6.25. The number of piperidine rings is 1. The van der Waals surface area contributed by atoms with Crippen LogP contribution in [-0.2, 0) is 6.54 Å². The zero-order chi connectivity index (χ0) is 19.8. The number of aromatic nitrogens is 2. The Morgan fingerprint density at radius 2 is 1.90 bits per heavy atom. The van der Waals surface area contributed by atoms with Crippen molar-refractivity contribution in [1.29, 1.82) is 0 Å². The predicted octanol–water partition coefficient (Wildman–Crippen LogP) is 4.86. The summed E-state index contributed by atoms with van der Waals surface area (Å²) in [6.07, 6.45) is 2.34. The minimum Gasteiger partial charge on any atom is -0.454 e. The van der Waals surface area contributed by atoms with Gasteiger partial charge in [0.25, 0.3) is 0 Å². The molecule has 5 rings (SSSR count). The molecule has 0 radical (unpaired) electrons. The summed E-state index contributed by atoms with van der Waals surface area (Å²) in [5, 5.41) is 5.07. The number of hydrogen-bond donors (Lipinski definition) is 1. The van der Waals surface area contributed by atoms with Gasteiger partial charge in [0, 0.05) is 30.0 Å². The molecule has 0 aliphatic carbocycles. The van der Waals surface area contributed by atoms with E-state index >= 15 is 0 Å². The summed E-state index contributed by atoms with van der Waals surface area (Å²) >= 11 is 6.25. The van der Waals surface area contributed by atoms with Crippen LogP contribution in [0.3, 0.4) is 0 Å². The third kappa shape index (κ3) is 3.77. The van der Waals surface area contributed by atoms with E-state index in [-0.39, 0.29) is 6.79 Å². The van der Waals surface area contributed by atoms with E-state index in [0.29, 0.717) is 11.6 Å². The number of nitrogens with zero attached hydrogens (tertiary/aromatic N) is 3. The van der Waals surface area contributed by atoms with E-state index in [2.05, 4.69) is 17.1 Å². The number of rotatable bonds is 4. The second-order valence-corrected chi connectivity index (χ2v) is 8.18. The average molecular weight is 411 g/mol. The Balaban J connectivity index is 1.45. The molecule has 1 fully saturated rings. The van der Waals surface area contributed by atoms with E-state index in [4.69, 9.17) is 31.0 Å². The van der Waals surface area contributed by atoms with Crippen molar-refractivity contribution in [2.45, 2.75) is 26.3 Å². The molecule has 7 heteroatoms. The van der Waals surface area contributed by atoms with Gasteiger partial charge in [-0.3, -0.25) is 0 Å². The van der Waals surface area contributed by atoms with E-state index in [1.54, 1.807) is 0 Å². The number of halogens is 1. The van der Waals surface area contributed by atoms with Gasteiger partial charge in [0.2, 0.25) is 12.7 Å². The summed E-state index contributed by atoms with van der Waals surface area (Å²) in [5.74, 6) is 3.90. The number of nitrogens with one attached hydrogen (secondary N) is 1. The molecule has 1 N–H and O–H groups in total. The van der Waals surface area contributed by atoms with Gasteiger partial charge in [-0.25, -0.2) is 4.98 Å².